The average Bonchev–Trinajstić information content (AvgIpc) is 4.00. The number of fused-ring (bicyclic) bond motifs is 7. The van der Waals surface area contributed by atoms with Crippen LogP contribution in [-0.2, 0) is 32.7 Å². The topological polar surface area (TPSA) is 167 Å². The Kier molecular flexibility index (Phi) is 12.4. The zero-order chi connectivity index (χ0) is 45.5. The number of nitrogens with zero attached hydrogens (tertiary/aromatic N) is 8. The van der Waals surface area contributed by atoms with Crippen molar-refractivity contribution in [2.24, 2.45) is 23.9 Å². The molecule has 3 saturated heterocycles. The molecule has 7 heterocycles. The van der Waals surface area contributed by atoms with Crippen LogP contribution in [0.5, 0.6) is 5.88 Å². The molecule has 9 rings (SSSR count). The molecule has 0 radical (unpaired) electrons. The number of carbonyl (C=O) groups is 4. The minimum Gasteiger partial charge on any atom is -0.477 e. The molecule has 0 aliphatic carbocycles. The van der Waals surface area contributed by atoms with Crippen LogP contribution in [0.15, 0.2) is 53.7 Å². The van der Waals surface area contributed by atoms with Gasteiger partial charge in [0.25, 0.3) is 5.91 Å². The summed E-state index contributed by atoms with van der Waals surface area (Å²) in [5.74, 6) is -3.38. The first-order valence-electron chi connectivity index (χ1n) is 22.4. The summed E-state index contributed by atoms with van der Waals surface area (Å²) in [5.41, 5.74) is 5.21. The lowest BCUT2D eigenvalue weighted by molar-refractivity contribution is -0.139. The summed E-state index contributed by atoms with van der Waals surface area (Å²) in [6, 6.07) is 12.1. The number of aromatic nitrogens is 3. The standard InChI is InChI=1S/C47H54F2N10O6/c1-27-6-5-15-65-46-35(21-50-55(46)3)39-18-31(16-28(2)51-39)43(61)54-47-52-38-9-7-29(17-40(38)59(47)22-27)23-57-13-14-58(25-33(57)26-64-4)45(63)30-11-12-56(24-30)32-19-36(48)42(37(49)20-32)34-8-10-41(60)53-44(34)62/h7,9,16-21,27,30,33-34H,5-6,8,10-15,22-26H2,1-4H3,(H,52,54,61)(H,53,60,62)/t27-,30-,33+,34-/m1/s1. The molecule has 342 valence electrons. The quantitative estimate of drug-likeness (QED) is 0.239. The monoisotopic (exact) mass is 892 g/mol. The normalized spacial score (nSPS) is 23.6. The van der Waals surface area contributed by atoms with Crippen LogP contribution in [0.1, 0.15) is 72.1 Å². The highest BCUT2D eigenvalue weighted by Gasteiger charge is 2.38. The molecule has 0 unspecified atom stereocenters. The molecule has 2 aromatic heterocycles. The number of carbonyl (C=O) groups excluding carboxylic acids is 4. The van der Waals surface area contributed by atoms with Crippen molar-refractivity contribution in [2.45, 2.75) is 64.5 Å². The summed E-state index contributed by atoms with van der Waals surface area (Å²) in [6.45, 7) is 8.51. The van der Waals surface area contributed by atoms with Gasteiger partial charge < -0.3 is 29.5 Å². The Morgan fingerprint density at radius 2 is 1.78 bits per heavy atom. The van der Waals surface area contributed by atoms with Gasteiger partial charge in [0.1, 0.15) is 11.6 Å². The van der Waals surface area contributed by atoms with Gasteiger partial charge in [0, 0.05) is 88.9 Å². The van der Waals surface area contributed by atoms with Gasteiger partial charge in [-0.25, -0.2) is 13.5 Å². The Morgan fingerprint density at radius 1 is 0.969 bits per heavy atom. The lowest BCUT2D eigenvalue weighted by Crippen LogP contribution is -2.57. The minimum atomic E-state index is -1.08. The molecule has 0 saturated carbocycles. The second-order valence-corrected chi connectivity index (χ2v) is 17.9. The number of methoxy groups -OCH3 is 1. The molecule has 5 aliphatic rings. The summed E-state index contributed by atoms with van der Waals surface area (Å²) < 4.78 is 44.4. The van der Waals surface area contributed by atoms with E-state index in [-0.39, 0.29) is 42.2 Å². The zero-order valence-corrected chi connectivity index (χ0v) is 37.1. The Hall–Kier alpha value is -6.27. The lowest BCUT2D eigenvalue weighted by atomic mass is 9.89. The molecule has 2 aromatic carbocycles. The van der Waals surface area contributed by atoms with Crippen LogP contribution in [0, 0.1) is 30.4 Å². The number of guanidine groups is 1. The van der Waals surface area contributed by atoms with Gasteiger partial charge in [-0.2, -0.15) is 10.1 Å². The molecule has 0 spiro atoms. The van der Waals surface area contributed by atoms with Gasteiger partial charge in [-0.05, 0) is 80.5 Å². The summed E-state index contributed by atoms with van der Waals surface area (Å²) in [5, 5.41) is 9.99. The van der Waals surface area contributed by atoms with E-state index in [2.05, 4.69) is 49.6 Å². The van der Waals surface area contributed by atoms with E-state index in [4.69, 9.17) is 14.5 Å². The highest BCUT2D eigenvalue weighted by molar-refractivity contribution is 6.19. The van der Waals surface area contributed by atoms with E-state index in [1.807, 2.05) is 29.8 Å². The summed E-state index contributed by atoms with van der Waals surface area (Å²) in [6.07, 6.45) is 3.98. The molecular formula is C47H54F2N10O6. The number of ether oxygens (including phenoxy) is 2. The molecule has 16 nitrogen and oxygen atoms in total. The van der Waals surface area contributed by atoms with Crippen molar-refractivity contribution in [3.8, 4) is 17.1 Å². The van der Waals surface area contributed by atoms with Gasteiger partial charge in [-0.3, -0.25) is 34.4 Å². The number of amides is 4. The highest BCUT2D eigenvalue weighted by atomic mass is 19.1. The number of imide groups is 1. The number of halogens is 2. The first kappa shape index (κ1) is 44.0. The number of benzene rings is 2. The molecule has 3 fully saturated rings. The molecule has 4 atom stereocenters. The van der Waals surface area contributed by atoms with Crippen molar-refractivity contribution in [3.63, 3.8) is 0 Å². The fourth-order valence-corrected chi connectivity index (χ4v) is 9.84. The van der Waals surface area contributed by atoms with E-state index in [9.17, 15) is 19.2 Å². The highest BCUT2D eigenvalue weighted by Crippen LogP contribution is 2.37. The Morgan fingerprint density at radius 3 is 2.57 bits per heavy atom. The summed E-state index contributed by atoms with van der Waals surface area (Å²) in [7, 11) is 3.48. The SMILES string of the molecule is COC[C@@H]1CN(C(=O)[C@@H]2CCN(c3cc(F)c([C@H]4CCC(=O)NC4=O)c(F)c3)C2)CCN1Cc1ccc2c(c1)N1C[C@H](C)CCCOc3c(cnn3C)-c3cc(cc(C)n3)C(=O)/N=C/1N2. The van der Waals surface area contributed by atoms with Crippen molar-refractivity contribution in [2.75, 3.05) is 74.7 Å². The van der Waals surface area contributed by atoms with E-state index in [0.29, 0.717) is 99.9 Å². The predicted octanol–water partition coefficient (Wildman–Crippen LogP) is 5.01. The number of nitrogens with one attached hydrogen (secondary N) is 2. The summed E-state index contributed by atoms with van der Waals surface area (Å²) >= 11 is 0. The molecule has 4 aromatic rings. The van der Waals surface area contributed by atoms with Gasteiger partial charge in [-0.15, -0.1) is 0 Å². The fraction of sp³-hybridized carbons (Fsp3) is 0.468. The largest absolute Gasteiger partial charge is 0.477 e. The molecule has 65 heavy (non-hydrogen) atoms. The van der Waals surface area contributed by atoms with Gasteiger partial charge in [0.05, 0.1) is 59.9 Å². The maximum Gasteiger partial charge on any atom is 0.280 e. The third-order valence-electron chi connectivity index (χ3n) is 13.2. The van der Waals surface area contributed by atoms with Gasteiger partial charge >= 0.3 is 0 Å². The van der Waals surface area contributed by atoms with E-state index in [1.165, 1.54) is 12.1 Å². The Labute approximate surface area is 375 Å². The van der Waals surface area contributed by atoms with Crippen LogP contribution in [-0.4, -0.2) is 120 Å². The van der Waals surface area contributed by atoms with Crippen molar-refractivity contribution in [3.05, 3.63) is 82.7 Å². The number of anilines is 3. The smallest absolute Gasteiger partial charge is 0.280 e. The molecule has 2 N–H and O–H groups in total. The van der Waals surface area contributed by atoms with E-state index in [1.54, 1.807) is 30.1 Å². The molecule has 2 bridgehead atoms. The number of pyridine rings is 1. The van der Waals surface area contributed by atoms with Crippen LogP contribution in [0.3, 0.4) is 0 Å². The maximum atomic E-state index is 15.4. The van der Waals surface area contributed by atoms with E-state index in [0.717, 1.165) is 35.3 Å². The number of hydrogen-bond donors (Lipinski definition) is 2. The second kappa shape index (κ2) is 18.3. The number of aryl methyl sites for hydroxylation is 2. The first-order valence-corrected chi connectivity index (χ1v) is 22.4. The van der Waals surface area contributed by atoms with Gasteiger partial charge in [0.2, 0.25) is 29.6 Å². The van der Waals surface area contributed by atoms with E-state index >= 15 is 8.78 Å². The van der Waals surface area contributed by atoms with Gasteiger partial charge in [0.15, 0.2) is 0 Å². The van der Waals surface area contributed by atoms with Crippen LogP contribution >= 0.6 is 0 Å². The van der Waals surface area contributed by atoms with Crippen LogP contribution in [0.4, 0.5) is 25.8 Å². The predicted molar refractivity (Wildman–Crippen MR) is 239 cm³/mol. The Balaban J connectivity index is 0.878. The third kappa shape index (κ3) is 9.05. The fourth-order valence-electron chi connectivity index (χ4n) is 9.84. The van der Waals surface area contributed by atoms with Crippen molar-refractivity contribution < 1.29 is 37.4 Å². The molecule has 4 amide bonds. The number of piperazine rings is 1. The number of aliphatic imine (C=N–C) groups is 1. The van der Waals surface area contributed by atoms with Crippen molar-refractivity contribution >= 4 is 46.7 Å². The molecule has 5 aliphatic heterocycles. The zero-order valence-electron chi connectivity index (χ0n) is 37.1. The van der Waals surface area contributed by atoms with Crippen LogP contribution < -0.4 is 25.2 Å². The number of piperidine rings is 1. The van der Waals surface area contributed by atoms with Gasteiger partial charge in [-0.1, -0.05) is 13.0 Å². The van der Waals surface area contributed by atoms with Crippen LogP contribution in [0.2, 0.25) is 0 Å². The van der Waals surface area contributed by atoms with Crippen molar-refractivity contribution in [1.82, 2.24) is 29.9 Å². The first-order chi connectivity index (χ1) is 31.3. The maximum absolute atomic E-state index is 15.4. The van der Waals surface area contributed by atoms with Crippen LogP contribution in [0.25, 0.3) is 11.3 Å². The second-order valence-electron chi connectivity index (χ2n) is 17.9. The number of hydrogen-bond acceptors (Lipinski definition) is 12. The summed E-state index contributed by atoms with van der Waals surface area (Å²) in [4.78, 5) is 69.4. The average molecular weight is 893 g/mol. The number of rotatable bonds is 7. The molecule has 18 heteroatoms. The minimum absolute atomic E-state index is 0.00281. The van der Waals surface area contributed by atoms with Crippen molar-refractivity contribution in [1.29, 1.82) is 0 Å². The molecular weight excluding hydrogens is 839 g/mol. The Bertz CT molecular complexity index is 2540. The lowest BCUT2D eigenvalue weighted by Gasteiger charge is -2.42. The third-order valence-corrected chi connectivity index (χ3v) is 13.2. The van der Waals surface area contributed by atoms with E-state index < -0.39 is 35.3 Å².